The number of thioether (sulfide) groups is 1. The lowest BCUT2D eigenvalue weighted by Crippen LogP contribution is -2.05. The number of esters is 1. The number of nitrogens with zero attached hydrogens (tertiary/aromatic N) is 1. The summed E-state index contributed by atoms with van der Waals surface area (Å²) in [7, 11) is 1.31. The van der Waals surface area contributed by atoms with Crippen LogP contribution in [0.5, 0.6) is 0 Å². The number of aromatic nitrogens is 1. The average molecular weight is 309 g/mol. The molecule has 2 heterocycles. The van der Waals surface area contributed by atoms with Crippen molar-refractivity contribution >= 4 is 35.0 Å². The molecule has 2 aromatic rings. The van der Waals surface area contributed by atoms with Crippen LogP contribution in [0.1, 0.15) is 25.9 Å². The molecule has 0 aliphatic rings. The summed E-state index contributed by atoms with van der Waals surface area (Å²) in [6.45, 7) is 0. The maximum Gasteiger partial charge on any atom is 0.356 e. The molecular weight excluding hydrogens is 298 g/mol. The lowest BCUT2D eigenvalue weighted by atomic mass is 10.3. The molecule has 1 N–H and O–H groups in total. The van der Waals surface area contributed by atoms with Crippen LogP contribution in [0.25, 0.3) is 0 Å². The minimum Gasteiger partial charge on any atom is -0.477 e. The first-order chi connectivity index (χ1) is 9.60. The van der Waals surface area contributed by atoms with Gasteiger partial charge < -0.3 is 9.84 Å². The molecule has 0 saturated heterocycles. The topological polar surface area (TPSA) is 76.5 Å². The third-order valence-corrected chi connectivity index (χ3v) is 4.45. The first-order valence-corrected chi connectivity index (χ1v) is 7.45. The van der Waals surface area contributed by atoms with Gasteiger partial charge in [0.05, 0.1) is 12.8 Å². The molecule has 0 spiro atoms. The van der Waals surface area contributed by atoms with Crippen molar-refractivity contribution in [3.63, 3.8) is 0 Å². The summed E-state index contributed by atoms with van der Waals surface area (Å²) in [6.07, 6.45) is 0. The van der Waals surface area contributed by atoms with Gasteiger partial charge in [-0.25, -0.2) is 14.6 Å². The average Bonchev–Trinajstić information content (AvgIpc) is 2.93. The molecule has 0 aromatic carbocycles. The van der Waals surface area contributed by atoms with Crippen LogP contribution in [-0.4, -0.2) is 29.1 Å². The second-order valence-electron chi connectivity index (χ2n) is 3.75. The number of pyridine rings is 1. The summed E-state index contributed by atoms with van der Waals surface area (Å²) < 4.78 is 4.61. The Morgan fingerprint density at radius 2 is 2.25 bits per heavy atom. The van der Waals surface area contributed by atoms with Gasteiger partial charge in [-0.1, -0.05) is 6.07 Å². The number of carboxylic acids is 1. The highest BCUT2D eigenvalue weighted by atomic mass is 32.2. The Bertz CT molecular complexity index is 639. The lowest BCUT2D eigenvalue weighted by molar-refractivity contribution is 0.0593. The lowest BCUT2D eigenvalue weighted by Gasteiger charge is -2.02. The zero-order chi connectivity index (χ0) is 14.5. The molecule has 0 fully saturated rings. The summed E-state index contributed by atoms with van der Waals surface area (Å²) in [6, 6.07) is 6.77. The van der Waals surface area contributed by atoms with Gasteiger partial charge in [0.15, 0.2) is 0 Å². The molecule has 2 aromatic heterocycles. The zero-order valence-corrected chi connectivity index (χ0v) is 12.2. The van der Waals surface area contributed by atoms with E-state index < -0.39 is 11.9 Å². The van der Waals surface area contributed by atoms with Gasteiger partial charge in [-0.2, -0.15) is 0 Å². The van der Waals surface area contributed by atoms with Crippen molar-refractivity contribution in [1.29, 1.82) is 0 Å². The molecule has 2 rings (SSSR count). The van der Waals surface area contributed by atoms with Crippen LogP contribution in [0.2, 0.25) is 0 Å². The first kappa shape index (κ1) is 14.5. The van der Waals surface area contributed by atoms with E-state index in [-0.39, 0.29) is 5.69 Å². The predicted molar refractivity (Wildman–Crippen MR) is 76.4 cm³/mol. The number of carbonyl (C=O) groups excluding carboxylic acids is 1. The first-order valence-electron chi connectivity index (χ1n) is 5.59. The van der Waals surface area contributed by atoms with Crippen molar-refractivity contribution < 1.29 is 19.4 Å². The van der Waals surface area contributed by atoms with Crippen molar-refractivity contribution in [1.82, 2.24) is 4.98 Å². The van der Waals surface area contributed by atoms with E-state index in [0.29, 0.717) is 10.6 Å². The molecule has 7 heteroatoms. The fraction of sp³-hybridized carbons (Fsp3) is 0.154. The Morgan fingerprint density at radius 1 is 1.45 bits per heavy atom. The number of carboxylic acid groups (broad SMARTS) is 1. The zero-order valence-electron chi connectivity index (χ0n) is 10.5. The number of thiophene rings is 1. The summed E-state index contributed by atoms with van der Waals surface area (Å²) in [4.78, 5) is 27.5. The molecule has 5 nitrogen and oxygen atoms in total. The smallest absolute Gasteiger partial charge is 0.356 e. The Hall–Kier alpha value is -1.86. The summed E-state index contributed by atoms with van der Waals surface area (Å²) in [5.74, 6) is -0.839. The molecule has 104 valence electrons. The van der Waals surface area contributed by atoms with E-state index in [0.717, 1.165) is 10.6 Å². The maximum atomic E-state index is 11.4. The van der Waals surface area contributed by atoms with Gasteiger partial charge in [0, 0.05) is 16.0 Å². The van der Waals surface area contributed by atoms with Gasteiger partial charge in [-0.3, -0.25) is 0 Å². The number of hydrogen-bond acceptors (Lipinski definition) is 6. The Kier molecular flexibility index (Phi) is 4.75. The molecule has 20 heavy (non-hydrogen) atoms. The molecule has 0 saturated carbocycles. The van der Waals surface area contributed by atoms with Crippen molar-refractivity contribution in [2.24, 2.45) is 0 Å². The van der Waals surface area contributed by atoms with Crippen LogP contribution in [-0.2, 0) is 10.5 Å². The van der Waals surface area contributed by atoms with E-state index in [9.17, 15) is 9.59 Å². The SMILES string of the molecule is COC(=O)c1cccc(CSc2csc(C(=O)O)c2)n1. The Balaban J connectivity index is 2.03. The molecule has 0 amide bonds. The number of ether oxygens (including phenoxy) is 1. The van der Waals surface area contributed by atoms with Gasteiger partial charge in [-0.05, 0) is 18.2 Å². The van der Waals surface area contributed by atoms with E-state index in [1.54, 1.807) is 23.6 Å². The van der Waals surface area contributed by atoms with Gasteiger partial charge >= 0.3 is 11.9 Å². The van der Waals surface area contributed by atoms with Crippen molar-refractivity contribution in [2.75, 3.05) is 7.11 Å². The molecule has 0 aliphatic carbocycles. The Labute approximate surface area is 123 Å². The van der Waals surface area contributed by atoms with Crippen LogP contribution < -0.4 is 0 Å². The number of aromatic carboxylic acids is 1. The molecule has 0 atom stereocenters. The fourth-order valence-corrected chi connectivity index (χ4v) is 3.22. The van der Waals surface area contributed by atoms with E-state index in [4.69, 9.17) is 5.11 Å². The number of hydrogen-bond donors (Lipinski definition) is 1. The highest BCUT2D eigenvalue weighted by Crippen LogP contribution is 2.27. The summed E-state index contributed by atoms with van der Waals surface area (Å²) >= 11 is 2.66. The molecule has 0 unspecified atom stereocenters. The highest BCUT2D eigenvalue weighted by Gasteiger charge is 2.09. The minimum absolute atomic E-state index is 0.266. The van der Waals surface area contributed by atoms with E-state index >= 15 is 0 Å². The second kappa shape index (κ2) is 6.53. The predicted octanol–water partition coefficient (Wildman–Crippen LogP) is 2.92. The summed E-state index contributed by atoms with van der Waals surface area (Å²) in [5.41, 5.74) is 1.00. The van der Waals surface area contributed by atoms with Crippen LogP contribution in [0.15, 0.2) is 34.5 Å². The normalized spacial score (nSPS) is 10.2. The Morgan fingerprint density at radius 3 is 2.90 bits per heavy atom. The molecule has 0 radical (unpaired) electrons. The van der Waals surface area contributed by atoms with E-state index in [1.807, 2.05) is 6.07 Å². The third kappa shape index (κ3) is 3.58. The van der Waals surface area contributed by atoms with Crippen LogP contribution in [0.4, 0.5) is 0 Å². The molecule has 0 bridgehead atoms. The van der Waals surface area contributed by atoms with Crippen LogP contribution in [0, 0.1) is 0 Å². The quantitative estimate of drug-likeness (QED) is 0.676. The second-order valence-corrected chi connectivity index (χ2v) is 5.71. The fourth-order valence-electron chi connectivity index (χ4n) is 1.44. The van der Waals surface area contributed by atoms with Gasteiger partial charge in [0.25, 0.3) is 0 Å². The van der Waals surface area contributed by atoms with E-state index in [1.165, 1.54) is 30.2 Å². The monoisotopic (exact) mass is 309 g/mol. The van der Waals surface area contributed by atoms with E-state index in [2.05, 4.69) is 9.72 Å². The van der Waals surface area contributed by atoms with Crippen molar-refractivity contribution in [3.05, 3.63) is 45.9 Å². The number of carbonyl (C=O) groups is 2. The van der Waals surface area contributed by atoms with Crippen LogP contribution in [0.3, 0.4) is 0 Å². The van der Waals surface area contributed by atoms with Gasteiger partial charge in [-0.15, -0.1) is 23.1 Å². The number of rotatable bonds is 5. The standard InChI is InChI=1S/C13H11NO4S2/c1-18-13(17)10-4-2-3-8(14-10)6-19-9-5-11(12(15)16)20-7-9/h2-5,7H,6H2,1H3,(H,15,16). The van der Waals surface area contributed by atoms with Crippen molar-refractivity contribution in [2.45, 2.75) is 10.6 Å². The largest absolute Gasteiger partial charge is 0.477 e. The minimum atomic E-state index is -0.923. The summed E-state index contributed by atoms with van der Waals surface area (Å²) in [5, 5.41) is 10.6. The highest BCUT2D eigenvalue weighted by molar-refractivity contribution is 7.98. The number of methoxy groups -OCH3 is 1. The third-order valence-electron chi connectivity index (χ3n) is 2.37. The maximum absolute atomic E-state index is 11.4. The van der Waals surface area contributed by atoms with Gasteiger partial charge in [0.1, 0.15) is 10.6 Å². The molecular formula is C13H11NO4S2. The van der Waals surface area contributed by atoms with Crippen molar-refractivity contribution in [3.8, 4) is 0 Å². The molecule has 0 aliphatic heterocycles. The van der Waals surface area contributed by atoms with Crippen LogP contribution >= 0.6 is 23.1 Å². The van der Waals surface area contributed by atoms with Gasteiger partial charge in [0.2, 0.25) is 0 Å².